The number of thiazole rings is 1. The number of nitrogens with zero attached hydrogens (tertiary/aromatic N) is 2. The molecule has 2 aliphatic rings. The Bertz CT molecular complexity index is 1170. The van der Waals surface area contributed by atoms with Crippen molar-refractivity contribution in [3.63, 3.8) is 0 Å². The molecule has 0 radical (unpaired) electrons. The summed E-state index contributed by atoms with van der Waals surface area (Å²) in [6.45, 7) is 9.11. The molecule has 0 spiro atoms. The van der Waals surface area contributed by atoms with Crippen molar-refractivity contribution in [3.8, 4) is 10.4 Å². The van der Waals surface area contributed by atoms with E-state index in [-0.39, 0.29) is 37.8 Å². The molecular weight excluding hydrogens is 495 g/mol. The SMILES string of the molecule is Cc1ncsc1-c1ccc([C@H](C)NC(=O)C2C[C@@H](O)CN2C(=O)C(NC(=O)C2(F)CC2)C(C)(C)C)cc1. The maximum absolute atomic E-state index is 14.3. The van der Waals surface area contributed by atoms with Crippen LogP contribution in [0.25, 0.3) is 10.4 Å². The number of aryl methyl sites for hydroxylation is 1. The van der Waals surface area contributed by atoms with Crippen LogP contribution in [-0.4, -0.2) is 63.1 Å². The van der Waals surface area contributed by atoms with E-state index in [1.54, 1.807) is 32.1 Å². The first-order chi connectivity index (χ1) is 17.3. The van der Waals surface area contributed by atoms with Crippen LogP contribution in [0, 0.1) is 12.3 Å². The van der Waals surface area contributed by atoms with Crippen molar-refractivity contribution < 1.29 is 23.9 Å². The summed E-state index contributed by atoms with van der Waals surface area (Å²) in [5.74, 6) is -1.69. The minimum absolute atomic E-state index is 0.0303. The molecule has 200 valence electrons. The van der Waals surface area contributed by atoms with Gasteiger partial charge in [0, 0.05) is 13.0 Å². The minimum Gasteiger partial charge on any atom is -0.391 e. The second kappa shape index (κ2) is 10.1. The average molecular weight is 531 g/mol. The molecule has 2 unspecified atom stereocenters. The largest absolute Gasteiger partial charge is 0.391 e. The molecule has 3 N–H and O–H groups in total. The van der Waals surface area contributed by atoms with E-state index in [9.17, 15) is 23.9 Å². The molecule has 2 heterocycles. The summed E-state index contributed by atoms with van der Waals surface area (Å²) in [5, 5.41) is 15.9. The Kier molecular flexibility index (Phi) is 7.45. The van der Waals surface area contributed by atoms with Crippen molar-refractivity contribution in [1.29, 1.82) is 0 Å². The van der Waals surface area contributed by atoms with Gasteiger partial charge >= 0.3 is 0 Å². The van der Waals surface area contributed by atoms with Crippen LogP contribution >= 0.6 is 11.3 Å². The molecule has 1 saturated carbocycles. The normalized spacial score (nSPS) is 22.3. The highest BCUT2D eigenvalue weighted by molar-refractivity contribution is 7.13. The summed E-state index contributed by atoms with van der Waals surface area (Å²) >= 11 is 1.57. The molecule has 1 aromatic heterocycles. The van der Waals surface area contributed by atoms with Crippen LogP contribution in [0.3, 0.4) is 0 Å². The number of aliphatic hydroxyl groups is 1. The summed E-state index contributed by atoms with van der Waals surface area (Å²) in [5.41, 5.74) is 2.07. The maximum Gasteiger partial charge on any atom is 0.258 e. The predicted octanol–water partition coefficient (Wildman–Crippen LogP) is 3.29. The van der Waals surface area contributed by atoms with E-state index >= 15 is 0 Å². The second-order valence-electron chi connectivity index (χ2n) is 11.3. The number of halogens is 1. The number of rotatable bonds is 7. The highest BCUT2D eigenvalue weighted by Gasteiger charge is 2.53. The first-order valence-electron chi connectivity index (χ1n) is 12.6. The minimum atomic E-state index is -1.92. The van der Waals surface area contributed by atoms with Gasteiger partial charge in [0.15, 0.2) is 5.67 Å². The first kappa shape index (κ1) is 27.2. The van der Waals surface area contributed by atoms with Gasteiger partial charge < -0.3 is 20.6 Å². The summed E-state index contributed by atoms with van der Waals surface area (Å²) in [7, 11) is 0. The Labute approximate surface area is 220 Å². The molecule has 4 rings (SSSR count). The molecule has 1 aliphatic carbocycles. The van der Waals surface area contributed by atoms with Crippen molar-refractivity contribution in [1.82, 2.24) is 20.5 Å². The monoisotopic (exact) mass is 530 g/mol. The van der Waals surface area contributed by atoms with E-state index in [2.05, 4.69) is 15.6 Å². The quantitative estimate of drug-likeness (QED) is 0.509. The highest BCUT2D eigenvalue weighted by Crippen LogP contribution is 2.40. The zero-order valence-corrected chi connectivity index (χ0v) is 22.7. The molecule has 1 saturated heterocycles. The number of benzene rings is 1. The number of β-amino-alcohol motifs (C(OH)–C–C–N with tert-alkyl or cyclic N) is 1. The maximum atomic E-state index is 14.3. The first-order valence-corrected chi connectivity index (χ1v) is 13.5. The number of alkyl halides is 1. The van der Waals surface area contributed by atoms with Crippen molar-refractivity contribution in [2.75, 3.05) is 6.54 Å². The molecule has 1 aromatic carbocycles. The van der Waals surface area contributed by atoms with Crippen molar-refractivity contribution in [2.24, 2.45) is 5.41 Å². The van der Waals surface area contributed by atoms with E-state index in [0.29, 0.717) is 0 Å². The van der Waals surface area contributed by atoms with Crippen LogP contribution in [0.1, 0.15) is 64.3 Å². The number of aromatic nitrogens is 1. The molecule has 0 bridgehead atoms. The molecule has 1 aliphatic heterocycles. The number of hydrogen-bond acceptors (Lipinski definition) is 6. The molecule has 8 nitrogen and oxygen atoms in total. The fraction of sp³-hybridized carbons (Fsp3) is 0.556. The Morgan fingerprint density at radius 3 is 2.38 bits per heavy atom. The summed E-state index contributed by atoms with van der Waals surface area (Å²) in [6, 6.07) is 5.60. The Morgan fingerprint density at radius 2 is 1.84 bits per heavy atom. The fourth-order valence-corrected chi connectivity index (χ4v) is 5.42. The van der Waals surface area contributed by atoms with Gasteiger partial charge in [-0.05, 0) is 43.2 Å². The lowest BCUT2D eigenvalue weighted by atomic mass is 9.85. The standard InChI is InChI=1S/C27H35FN4O4S/c1-15(17-6-8-18(9-7-17)21-16(2)29-14-37-21)30-23(34)20-12-19(33)13-32(20)24(35)22(26(3,4)5)31-25(36)27(28)10-11-27/h6-9,14-15,19-20,22,33H,10-13H2,1-5H3,(H,30,34)(H,31,36)/t15-,19+,20?,22?/m0/s1. The van der Waals surface area contributed by atoms with Crippen LogP contribution in [0.2, 0.25) is 0 Å². The van der Waals surface area contributed by atoms with Crippen molar-refractivity contribution in [3.05, 3.63) is 41.0 Å². The second-order valence-corrected chi connectivity index (χ2v) is 12.1. The third-order valence-corrected chi connectivity index (χ3v) is 8.10. The number of likely N-dealkylation sites (tertiary alicyclic amines) is 1. The van der Waals surface area contributed by atoms with E-state index in [4.69, 9.17) is 0 Å². The molecule has 2 aromatic rings. The zero-order chi connectivity index (χ0) is 27.1. The smallest absolute Gasteiger partial charge is 0.258 e. The van der Waals surface area contributed by atoms with E-state index in [0.717, 1.165) is 21.7 Å². The number of hydrogen-bond donors (Lipinski definition) is 3. The summed E-state index contributed by atoms with van der Waals surface area (Å²) < 4.78 is 14.3. The molecule has 4 atom stereocenters. The fourth-order valence-electron chi connectivity index (χ4n) is 4.61. The lowest BCUT2D eigenvalue weighted by molar-refractivity contribution is -0.145. The third kappa shape index (κ3) is 5.85. The van der Waals surface area contributed by atoms with Crippen molar-refractivity contribution in [2.45, 2.75) is 83.8 Å². The third-order valence-electron chi connectivity index (χ3n) is 7.13. The molecular formula is C27H35FN4O4S. The van der Waals surface area contributed by atoms with Gasteiger partial charge in [0.2, 0.25) is 11.8 Å². The van der Waals surface area contributed by atoms with Gasteiger partial charge in [-0.1, -0.05) is 45.0 Å². The van der Waals surface area contributed by atoms with Gasteiger partial charge in [-0.25, -0.2) is 9.37 Å². The van der Waals surface area contributed by atoms with Crippen LogP contribution in [0.15, 0.2) is 29.8 Å². The Morgan fingerprint density at radius 1 is 1.19 bits per heavy atom. The molecule has 2 fully saturated rings. The lowest BCUT2D eigenvalue weighted by Gasteiger charge is -2.35. The van der Waals surface area contributed by atoms with Gasteiger partial charge in [-0.3, -0.25) is 14.4 Å². The van der Waals surface area contributed by atoms with Crippen molar-refractivity contribution >= 4 is 29.1 Å². The average Bonchev–Trinajstić information content (AvgIpc) is 3.25. The van der Waals surface area contributed by atoms with Gasteiger partial charge in [0.1, 0.15) is 12.1 Å². The van der Waals surface area contributed by atoms with Crippen LogP contribution < -0.4 is 10.6 Å². The summed E-state index contributed by atoms with van der Waals surface area (Å²) in [4.78, 5) is 46.0. The van der Waals surface area contributed by atoms with Gasteiger partial charge in [-0.2, -0.15) is 0 Å². The van der Waals surface area contributed by atoms with Crippen LogP contribution in [-0.2, 0) is 14.4 Å². The van der Waals surface area contributed by atoms with E-state index in [1.165, 1.54) is 4.90 Å². The van der Waals surface area contributed by atoms with E-state index in [1.807, 2.05) is 43.6 Å². The summed E-state index contributed by atoms with van der Waals surface area (Å²) in [6.07, 6.45) is -0.504. The van der Waals surface area contributed by atoms with Crippen LogP contribution in [0.4, 0.5) is 4.39 Å². The Balaban J connectivity index is 1.46. The number of amides is 3. The van der Waals surface area contributed by atoms with Crippen LogP contribution in [0.5, 0.6) is 0 Å². The number of carbonyl (C=O) groups excluding carboxylic acids is 3. The molecule has 3 amide bonds. The van der Waals surface area contributed by atoms with Gasteiger partial charge in [0.25, 0.3) is 5.91 Å². The van der Waals surface area contributed by atoms with E-state index < -0.39 is 41.1 Å². The molecule has 37 heavy (non-hydrogen) atoms. The number of aliphatic hydroxyl groups excluding tert-OH is 1. The van der Waals surface area contributed by atoms with Gasteiger partial charge in [0.05, 0.1) is 28.2 Å². The topological polar surface area (TPSA) is 112 Å². The lowest BCUT2D eigenvalue weighted by Crippen LogP contribution is -2.59. The Hall–Kier alpha value is -2.85. The zero-order valence-electron chi connectivity index (χ0n) is 21.9. The highest BCUT2D eigenvalue weighted by atomic mass is 32.1. The number of carbonyl (C=O) groups is 3. The van der Waals surface area contributed by atoms with Gasteiger partial charge in [-0.15, -0.1) is 11.3 Å². The molecule has 10 heteroatoms. The predicted molar refractivity (Wildman–Crippen MR) is 139 cm³/mol. The number of nitrogens with one attached hydrogen (secondary N) is 2.